The first-order chi connectivity index (χ1) is 21.4. The number of aliphatic hydroxyl groups is 1. The van der Waals surface area contributed by atoms with E-state index in [1.165, 1.54) is 21.8 Å². The highest BCUT2D eigenvalue weighted by Crippen LogP contribution is 2.67. The SMILES string of the molecule is Nc1nc2c(ncn2[C@@H]2S[C@H](CO)[C@@H](F)[C@H]2OP(O)(=S)OC2[C@H]3O[C@@H](n4cnc5c(N)ncnc54)[C@@H](F)[C@@]23O[P+](=O)S)c(=O)[nH]1. The van der Waals surface area contributed by atoms with Gasteiger partial charge in [0.15, 0.2) is 35.0 Å². The van der Waals surface area contributed by atoms with Crippen molar-refractivity contribution in [2.24, 2.45) is 0 Å². The Hall–Kier alpha value is -2.43. The molecule has 4 aromatic heterocycles. The number of ether oxygens (including phenoxy) is 1. The third-order valence-electron chi connectivity index (χ3n) is 7.59. The number of hydrogen-bond donors (Lipinski definition) is 6. The predicted octanol–water partition coefficient (Wildman–Crippen LogP) is 0.647. The van der Waals surface area contributed by atoms with E-state index in [9.17, 15) is 19.4 Å². The number of anilines is 2. The molecule has 2 saturated heterocycles. The van der Waals surface area contributed by atoms with E-state index < -0.39 is 79.2 Å². The molecule has 0 aromatic carbocycles. The second-order valence-electron chi connectivity index (χ2n) is 10.1. The summed E-state index contributed by atoms with van der Waals surface area (Å²) in [5.74, 6) is -0.179. The van der Waals surface area contributed by atoms with Crippen LogP contribution in [0.1, 0.15) is 11.6 Å². The molecule has 18 nitrogen and oxygen atoms in total. The van der Waals surface area contributed by atoms with Crippen LogP contribution in [0.2, 0.25) is 0 Å². The summed E-state index contributed by atoms with van der Waals surface area (Å²) in [4.78, 5) is 45.8. The Bertz CT molecular complexity index is 1960. The number of nitrogen functional groups attached to an aromatic ring is 2. The number of aromatic nitrogens is 8. The highest BCUT2D eigenvalue weighted by Gasteiger charge is 2.85. The van der Waals surface area contributed by atoms with Crippen molar-refractivity contribution in [2.75, 3.05) is 18.1 Å². The van der Waals surface area contributed by atoms with Crippen LogP contribution in [0.25, 0.3) is 22.3 Å². The third-order valence-corrected chi connectivity index (χ3v) is 11.4. The molecular formula is C20H21F2N10O8P2S3+. The Balaban J connectivity index is 1.15. The number of nitrogens with one attached hydrogen (secondary N) is 1. The number of rotatable bonds is 9. The molecule has 7 rings (SSSR count). The molecule has 1 saturated carbocycles. The molecule has 3 aliphatic rings. The van der Waals surface area contributed by atoms with Crippen molar-refractivity contribution in [1.82, 2.24) is 39.0 Å². The Labute approximate surface area is 264 Å². The molecule has 6 heterocycles. The van der Waals surface area contributed by atoms with Crippen LogP contribution in [0, 0.1) is 0 Å². The van der Waals surface area contributed by atoms with E-state index in [-0.39, 0.29) is 34.1 Å². The van der Waals surface area contributed by atoms with E-state index in [1.807, 2.05) is 0 Å². The summed E-state index contributed by atoms with van der Waals surface area (Å²) >= 11 is 9.88. The quantitative estimate of drug-likeness (QED) is 0.102. The van der Waals surface area contributed by atoms with Crippen molar-refractivity contribution < 1.29 is 41.7 Å². The Morgan fingerprint density at radius 3 is 2.67 bits per heavy atom. The second-order valence-corrected chi connectivity index (χ2v) is 15.9. The number of imidazole rings is 2. The van der Waals surface area contributed by atoms with Crippen LogP contribution < -0.4 is 17.0 Å². The lowest BCUT2D eigenvalue weighted by molar-refractivity contribution is -0.0552. The number of alkyl halides is 2. The van der Waals surface area contributed by atoms with Gasteiger partial charge in [0.05, 0.1) is 24.5 Å². The molecule has 0 radical (unpaired) electrons. The lowest BCUT2D eigenvalue weighted by atomic mass is 10.1. The lowest BCUT2D eigenvalue weighted by Gasteiger charge is -2.27. The molecule has 0 bridgehead atoms. The summed E-state index contributed by atoms with van der Waals surface area (Å²) in [7, 11) is -2.73. The summed E-state index contributed by atoms with van der Waals surface area (Å²) in [6, 6.07) is 0. The number of thiol groups is 1. The Morgan fingerprint density at radius 2 is 1.93 bits per heavy atom. The maximum atomic E-state index is 16.2. The highest BCUT2D eigenvalue weighted by molar-refractivity contribution is 8.39. The number of thioether (sulfide) groups is 1. The van der Waals surface area contributed by atoms with Crippen LogP contribution in [-0.2, 0) is 34.7 Å². The topological polar surface area (TPSA) is 254 Å². The average molecular weight is 726 g/mol. The van der Waals surface area contributed by atoms with Gasteiger partial charge in [0, 0.05) is 0 Å². The number of halogens is 2. The first-order valence-electron chi connectivity index (χ1n) is 12.8. The van der Waals surface area contributed by atoms with Gasteiger partial charge < -0.3 is 26.2 Å². The van der Waals surface area contributed by atoms with E-state index in [4.69, 9.17) is 41.6 Å². The van der Waals surface area contributed by atoms with Crippen LogP contribution >= 0.6 is 38.0 Å². The maximum absolute atomic E-state index is 16.2. The number of fused-ring (bicyclic) bond motifs is 3. The minimum absolute atomic E-state index is 0.0132. The van der Waals surface area contributed by atoms with Crippen molar-refractivity contribution in [3.05, 3.63) is 29.3 Å². The first-order valence-corrected chi connectivity index (χ1v) is 18.6. The van der Waals surface area contributed by atoms with Gasteiger partial charge in [-0.05, 0) is 16.4 Å². The van der Waals surface area contributed by atoms with Gasteiger partial charge in [0.2, 0.25) is 11.5 Å². The number of hydrogen-bond acceptors (Lipinski definition) is 16. The number of H-pyrrole nitrogens is 1. The van der Waals surface area contributed by atoms with Gasteiger partial charge in [-0.2, -0.15) is 4.98 Å². The van der Waals surface area contributed by atoms with Gasteiger partial charge >= 0.3 is 13.9 Å². The number of nitrogens with zero attached hydrogens (tertiary/aromatic N) is 7. The predicted molar refractivity (Wildman–Crippen MR) is 160 cm³/mol. The van der Waals surface area contributed by atoms with E-state index >= 15 is 8.78 Å². The van der Waals surface area contributed by atoms with E-state index in [1.54, 1.807) is 0 Å². The Kier molecular flexibility index (Phi) is 7.68. The van der Waals surface area contributed by atoms with E-state index in [0.29, 0.717) is 0 Å². The molecule has 0 spiro atoms. The molecule has 3 fully saturated rings. The molecule has 2 aliphatic heterocycles. The monoisotopic (exact) mass is 725 g/mol. The summed E-state index contributed by atoms with van der Waals surface area (Å²) in [6.07, 6.45) is -6.10. The molecule has 11 atom stereocenters. The van der Waals surface area contributed by atoms with Crippen molar-refractivity contribution in [3.8, 4) is 0 Å². The van der Waals surface area contributed by atoms with Crippen LogP contribution in [0.15, 0.2) is 23.8 Å². The molecule has 0 amide bonds. The third kappa shape index (κ3) is 4.96. The maximum Gasteiger partial charge on any atom is 0.583 e. The second kappa shape index (κ2) is 11.1. The Morgan fingerprint density at radius 1 is 1.20 bits per heavy atom. The zero-order valence-electron chi connectivity index (χ0n) is 22.1. The van der Waals surface area contributed by atoms with Gasteiger partial charge in [0.25, 0.3) is 5.56 Å². The minimum atomic E-state index is -4.47. The standard InChI is InChI=1S/C20H20F2N10O8P2S3/c21-6-5(1-33)45-18(32-4-28-8-15(32)29-19(24)30-16(8)34)9(6)38-42(36,44)39-12-11-20(12,40-41(35)43)10(22)17(37-11)31-3-27-7-13(23)25-2-26-14(7)31/h2-6,9-12,17-18,33H,1H2,(H6-,23,24,25,26,29,30,34,35,36,43,44)/p+1/t5-,6-,9-,10-,11-,12?,17-,18-,20+,42?/m1/s1. The van der Waals surface area contributed by atoms with Gasteiger partial charge in [-0.25, -0.2) is 28.7 Å². The van der Waals surface area contributed by atoms with Crippen molar-refractivity contribution in [1.29, 1.82) is 0 Å². The number of nitrogens with two attached hydrogens (primary N) is 2. The fourth-order valence-corrected chi connectivity index (χ4v) is 9.78. The van der Waals surface area contributed by atoms with Crippen molar-refractivity contribution >= 4 is 83.9 Å². The molecule has 240 valence electrons. The van der Waals surface area contributed by atoms with Gasteiger partial charge in [-0.15, -0.1) is 16.3 Å². The largest absolute Gasteiger partial charge is 0.583 e. The van der Waals surface area contributed by atoms with E-state index in [0.717, 1.165) is 18.1 Å². The first kappa shape index (κ1) is 31.2. The fourth-order valence-electron chi connectivity index (χ4n) is 5.58. The normalized spacial score (nSPS) is 34.3. The molecule has 7 N–H and O–H groups in total. The smallest absolute Gasteiger partial charge is 0.395 e. The summed E-state index contributed by atoms with van der Waals surface area (Å²) in [5, 5.41) is 7.68. The van der Waals surface area contributed by atoms with Crippen molar-refractivity contribution in [3.63, 3.8) is 0 Å². The molecule has 1 aliphatic carbocycles. The summed E-state index contributed by atoms with van der Waals surface area (Å²) in [6.45, 7) is -5.09. The molecule has 25 heteroatoms. The van der Waals surface area contributed by atoms with E-state index in [2.05, 4.69) is 42.2 Å². The number of aliphatic hydroxyl groups excluding tert-OH is 1. The van der Waals surface area contributed by atoms with Crippen molar-refractivity contribution in [2.45, 2.75) is 53.1 Å². The number of aromatic amines is 1. The zero-order valence-corrected chi connectivity index (χ0v) is 26.4. The van der Waals surface area contributed by atoms with Crippen LogP contribution in [0.4, 0.5) is 20.5 Å². The van der Waals surface area contributed by atoms with Crippen LogP contribution in [0.5, 0.6) is 0 Å². The molecule has 4 aromatic rings. The lowest BCUT2D eigenvalue weighted by Crippen LogP contribution is -2.35. The zero-order chi connectivity index (χ0) is 32.0. The molecule has 3 unspecified atom stereocenters. The molecule has 45 heavy (non-hydrogen) atoms. The van der Waals surface area contributed by atoms with Gasteiger partial charge in [0.1, 0.15) is 54.0 Å². The summed E-state index contributed by atoms with van der Waals surface area (Å²) in [5.41, 5.74) is 9.03. The average Bonchev–Trinajstić information content (AvgIpc) is 3.47. The van der Waals surface area contributed by atoms with Gasteiger partial charge in [-0.3, -0.25) is 28.0 Å². The minimum Gasteiger partial charge on any atom is -0.395 e. The summed E-state index contributed by atoms with van der Waals surface area (Å²) < 4.78 is 68.9. The van der Waals surface area contributed by atoms with Crippen LogP contribution in [-0.4, -0.2) is 97.2 Å². The highest BCUT2D eigenvalue weighted by atomic mass is 32.7. The van der Waals surface area contributed by atoms with Gasteiger partial charge in [-0.1, -0.05) is 0 Å². The molecular weight excluding hydrogens is 704 g/mol. The fraction of sp³-hybridized carbons (Fsp3) is 0.500. The van der Waals surface area contributed by atoms with Crippen LogP contribution in [0.3, 0.4) is 0 Å².